The minimum atomic E-state index is -2.36. The van der Waals surface area contributed by atoms with Gasteiger partial charge in [0.15, 0.2) is 0 Å². The molecule has 1 aliphatic carbocycles. The number of hydrogen-bond donors (Lipinski definition) is 0. The van der Waals surface area contributed by atoms with Crippen LogP contribution in [0.4, 0.5) is 0 Å². The molecule has 0 aromatic carbocycles. The molecule has 0 aromatic heterocycles. The van der Waals surface area contributed by atoms with Crippen molar-refractivity contribution in [2.24, 2.45) is 11.8 Å². The molecular weight excluding hydrogens is 245 g/mol. The Morgan fingerprint density at radius 2 is 1.46 bits per heavy atom. The molecule has 0 nitrogen and oxygen atoms in total. The van der Waals surface area contributed by atoms with Gasteiger partial charge in [0.05, 0.1) is 0 Å². The Kier molecular flexibility index (Phi) is 5.14. The van der Waals surface area contributed by atoms with Crippen molar-refractivity contribution >= 4 is 39.0 Å². The fourth-order valence-corrected chi connectivity index (χ4v) is 5.20. The molecular formula is C9H18Cl3P. The van der Waals surface area contributed by atoms with E-state index in [1.807, 2.05) is 0 Å². The van der Waals surface area contributed by atoms with Gasteiger partial charge in [0.25, 0.3) is 0 Å². The van der Waals surface area contributed by atoms with E-state index < -0.39 is 5.32 Å². The van der Waals surface area contributed by atoms with Crippen molar-refractivity contribution in [3.63, 3.8) is 0 Å². The second-order valence-corrected chi connectivity index (χ2v) is 13.3. The zero-order chi connectivity index (χ0) is 9.90. The van der Waals surface area contributed by atoms with Crippen molar-refractivity contribution in [2.45, 2.75) is 39.0 Å². The molecule has 1 rings (SSSR count). The zero-order valence-corrected chi connectivity index (χ0v) is 11.3. The van der Waals surface area contributed by atoms with Gasteiger partial charge in [-0.1, -0.05) is 0 Å². The van der Waals surface area contributed by atoms with Gasteiger partial charge in [0, 0.05) is 0 Å². The Morgan fingerprint density at radius 3 is 1.85 bits per heavy atom. The quantitative estimate of drug-likeness (QED) is 0.597. The summed E-state index contributed by atoms with van der Waals surface area (Å²) in [4.78, 5) is 0. The van der Waals surface area contributed by atoms with Crippen LogP contribution in [0.1, 0.15) is 39.0 Å². The monoisotopic (exact) mass is 262 g/mol. The maximum absolute atomic E-state index is 5.91. The van der Waals surface area contributed by atoms with Gasteiger partial charge >= 0.3 is 96.1 Å². The van der Waals surface area contributed by atoms with E-state index in [2.05, 4.69) is 6.92 Å². The summed E-state index contributed by atoms with van der Waals surface area (Å²) >= 11 is 17.7. The van der Waals surface area contributed by atoms with Crippen molar-refractivity contribution < 1.29 is 0 Å². The molecule has 0 bridgehead atoms. The van der Waals surface area contributed by atoms with Crippen LogP contribution in [0.2, 0.25) is 0 Å². The summed E-state index contributed by atoms with van der Waals surface area (Å²) in [6, 6.07) is 0. The number of rotatable bonds is 3. The molecule has 0 unspecified atom stereocenters. The van der Waals surface area contributed by atoms with Gasteiger partial charge in [0.1, 0.15) is 0 Å². The minimum absolute atomic E-state index is 0.696. The Balaban J connectivity index is 2.25. The van der Waals surface area contributed by atoms with Gasteiger partial charge in [0.2, 0.25) is 0 Å². The van der Waals surface area contributed by atoms with E-state index in [1.165, 1.54) is 32.1 Å². The van der Waals surface area contributed by atoms with Crippen LogP contribution >= 0.6 is 39.0 Å². The number of hydrogen-bond acceptors (Lipinski definition) is 0. The first kappa shape index (κ1) is 12.4. The summed E-state index contributed by atoms with van der Waals surface area (Å²) in [6.07, 6.45) is 7.43. The van der Waals surface area contributed by atoms with Crippen molar-refractivity contribution in [2.75, 3.05) is 6.16 Å². The van der Waals surface area contributed by atoms with Gasteiger partial charge in [-0.3, -0.25) is 0 Å². The molecule has 0 spiro atoms. The van der Waals surface area contributed by atoms with E-state index in [9.17, 15) is 0 Å². The maximum atomic E-state index is 5.91. The molecule has 0 amide bonds. The first-order chi connectivity index (χ1) is 6.01. The molecule has 0 saturated heterocycles. The van der Waals surface area contributed by atoms with Gasteiger partial charge in [-0.05, 0) is 0 Å². The summed E-state index contributed by atoms with van der Waals surface area (Å²) in [5.41, 5.74) is 0. The number of halogens is 3. The molecule has 1 saturated carbocycles. The van der Waals surface area contributed by atoms with Crippen LogP contribution in [0.5, 0.6) is 0 Å². The van der Waals surface area contributed by atoms with Gasteiger partial charge in [-0.15, -0.1) is 0 Å². The Labute approximate surface area is 96.0 Å². The third-order valence-corrected chi connectivity index (χ3v) is 5.49. The first-order valence-corrected chi connectivity index (χ1v) is 10.3. The summed E-state index contributed by atoms with van der Waals surface area (Å²) < 4.78 is 0. The fraction of sp³-hybridized carbons (Fsp3) is 1.00. The third kappa shape index (κ3) is 5.07. The Morgan fingerprint density at radius 1 is 1.00 bits per heavy atom. The van der Waals surface area contributed by atoms with Crippen molar-refractivity contribution in [3.8, 4) is 0 Å². The van der Waals surface area contributed by atoms with E-state index in [1.54, 1.807) is 0 Å². The summed E-state index contributed by atoms with van der Waals surface area (Å²) in [6.45, 7) is 2.27. The molecule has 13 heavy (non-hydrogen) atoms. The second-order valence-electron chi connectivity index (χ2n) is 4.11. The normalized spacial score (nSPS) is 31.7. The molecule has 0 heterocycles. The van der Waals surface area contributed by atoms with Crippen molar-refractivity contribution in [3.05, 3.63) is 0 Å². The van der Waals surface area contributed by atoms with E-state index in [-0.39, 0.29) is 0 Å². The molecule has 4 heteroatoms. The summed E-state index contributed by atoms with van der Waals surface area (Å²) in [5, 5.41) is -2.36. The van der Waals surface area contributed by atoms with Crippen LogP contribution in [0.3, 0.4) is 0 Å². The molecule has 0 aromatic rings. The van der Waals surface area contributed by atoms with E-state index in [0.29, 0.717) is 5.92 Å². The zero-order valence-electron chi connectivity index (χ0n) is 8.03. The molecule has 1 fully saturated rings. The molecule has 0 atom stereocenters. The standard InChI is InChI=1S/C9H18Cl3P/c1-2-8-3-5-9(6-4-8)7-13(10,11)12/h8-9,13H,2-7H2,1H3. The van der Waals surface area contributed by atoms with Crippen LogP contribution in [0.25, 0.3) is 0 Å². The Hall–Kier alpha value is 1.30. The Bertz CT molecular complexity index is 147. The van der Waals surface area contributed by atoms with Crippen LogP contribution in [-0.2, 0) is 0 Å². The molecule has 0 aliphatic heterocycles. The van der Waals surface area contributed by atoms with Crippen LogP contribution in [0, 0.1) is 11.8 Å². The van der Waals surface area contributed by atoms with Gasteiger partial charge in [-0.25, -0.2) is 0 Å². The van der Waals surface area contributed by atoms with Crippen molar-refractivity contribution in [1.82, 2.24) is 0 Å². The molecule has 1 aliphatic rings. The molecule has 0 N–H and O–H groups in total. The fourth-order valence-electron chi connectivity index (χ4n) is 2.17. The molecule has 0 radical (unpaired) electrons. The second kappa shape index (κ2) is 5.40. The summed E-state index contributed by atoms with van der Waals surface area (Å²) in [7, 11) is 0. The first-order valence-electron chi connectivity index (χ1n) is 5.08. The van der Waals surface area contributed by atoms with Crippen LogP contribution in [-0.4, -0.2) is 6.16 Å². The van der Waals surface area contributed by atoms with Crippen molar-refractivity contribution in [1.29, 1.82) is 0 Å². The topological polar surface area (TPSA) is 0 Å². The van der Waals surface area contributed by atoms with Gasteiger partial charge in [-0.2, -0.15) is 0 Å². The third-order valence-electron chi connectivity index (χ3n) is 3.06. The van der Waals surface area contributed by atoms with Crippen LogP contribution < -0.4 is 0 Å². The average Bonchev–Trinajstić information content (AvgIpc) is 2.03. The average molecular weight is 264 g/mol. The SMILES string of the molecule is CCC1CCC(C[PH](Cl)(Cl)Cl)CC1. The summed E-state index contributed by atoms with van der Waals surface area (Å²) in [5.74, 6) is 1.63. The predicted molar refractivity (Wildman–Crippen MR) is 66.5 cm³/mol. The molecule has 80 valence electrons. The van der Waals surface area contributed by atoms with E-state index >= 15 is 0 Å². The van der Waals surface area contributed by atoms with Gasteiger partial charge < -0.3 is 0 Å². The predicted octanol–water partition coefficient (Wildman–Crippen LogP) is 5.41. The van der Waals surface area contributed by atoms with Crippen LogP contribution in [0.15, 0.2) is 0 Å². The van der Waals surface area contributed by atoms with E-state index in [4.69, 9.17) is 33.7 Å². The van der Waals surface area contributed by atoms with E-state index in [0.717, 1.165) is 12.1 Å².